The Morgan fingerprint density at radius 2 is 2.03 bits per heavy atom. The molecule has 3 heterocycles. The Labute approximate surface area is 170 Å². The number of rotatable bonds is 5. The molecule has 1 aromatic carbocycles. The number of benzene rings is 1. The van der Waals surface area contributed by atoms with E-state index in [0.29, 0.717) is 24.8 Å². The summed E-state index contributed by atoms with van der Waals surface area (Å²) in [5.41, 5.74) is 2.16. The number of amides is 1. The SMILES string of the molecule is CC(=O)N1CCc2nc(C3CCN(CCOc4ccccc4F)CC3)ncc2C1. The summed E-state index contributed by atoms with van der Waals surface area (Å²) in [5, 5.41) is 0. The van der Waals surface area contributed by atoms with Gasteiger partial charge in [0, 0.05) is 50.7 Å². The third-order valence-corrected chi connectivity index (χ3v) is 5.85. The van der Waals surface area contributed by atoms with Gasteiger partial charge in [0.15, 0.2) is 11.6 Å². The molecule has 1 fully saturated rings. The van der Waals surface area contributed by atoms with Gasteiger partial charge in [-0.25, -0.2) is 14.4 Å². The van der Waals surface area contributed by atoms with Crippen LogP contribution in [-0.2, 0) is 17.8 Å². The maximum Gasteiger partial charge on any atom is 0.219 e. The van der Waals surface area contributed by atoms with Crippen molar-refractivity contribution in [2.24, 2.45) is 0 Å². The van der Waals surface area contributed by atoms with E-state index in [4.69, 9.17) is 9.72 Å². The topological polar surface area (TPSA) is 58.6 Å². The monoisotopic (exact) mass is 398 g/mol. The third kappa shape index (κ3) is 4.72. The zero-order valence-corrected chi connectivity index (χ0v) is 16.8. The van der Waals surface area contributed by atoms with Crippen LogP contribution in [0.5, 0.6) is 5.75 Å². The molecule has 0 N–H and O–H groups in total. The minimum atomic E-state index is -0.317. The summed E-state index contributed by atoms with van der Waals surface area (Å²) in [6.45, 7) is 6.15. The number of halogens is 1. The van der Waals surface area contributed by atoms with Gasteiger partial charge in [-0.2, -0.15) is 0 Å². The van der Waals surface area contributed by atoms with Crippen LogP contribution in [0.25, 0.3) is 0 Å². The molecular formula is C22H27FN4O2. The van der Waals surface area contributed by atoms with Crippen LogP contribution in [0.15, 0.2) is 30.5 Å². The lowest BCUT2D eigenvalue weighted by Gasteiger charge is -2.32. The van der Waals surface area contributed by atoms with E-state index in [1.807, 2.05) is 11.1 Å². The van der Waals surface area contributed by atoms with Crippen molar-refractivity contribution >= 4 is 5.91 Å². The molecule has 0 radical (unpaired) electrons. The van der Waals surface area contributed by atoms with Gasteiger partial charge in [-0.3, -0.25) is 9.69 Å². The largest absolute Gasteiger partial charge is 0.489 e. The van der Waals surface area contributed by atoms with Crippen molar-refractivity contribution < 1.29 is 13.9 Å². The van der Waals surface area contributed by atoms with Crippen LogP contribution >= 0.6 is 0 Å². The van der Waals surface area contributed by atoms with Crippen LogP contribution in [0.2, 0.25) is 0 Å². The lowest BCUT2D eigenvalue weighted by Crippen LogP contribution is -2.37. The quantitative estimate of drug-likeness (QED) is 0.775. The lowest BCUT2D eigenvalue weighted by molar-refractivity contribution is -0.129. The van der Waals surface area contributed by atoms with Crippen LogP contribution in [0.4, 0.5) is 4.39 Å². The van der Waals surface area contributed by atoms with Crippen molar-refractivity contribution in [3.05, 3.63) is 53.4 Å². The highest BCUT2D eigenvalue weighted by atomic mass is 19.1. The first kappa shape index (κ1) is 19.8. The smallest absolute Gasteiger partial charge is 0.219 e. The highest BCUT2D eigenvalue weighted by molar-refractivity contribution is 5.73. The van der Waals surface area contributed by atoms with E-state index in [-0.39, 0.29) is 11.7 Å². The van der Waals surface area contributed by atoms with Crippen molar-refractivity contribution in [1.82, 2.24) is 19.8 Å². The summed E-state index contributed by atoms with van der Waals surface area (Å²) in [6.07, 6.45) is 4.73. The summed E-state index contributed by atoms with van der Waals surface area (Å²) in [4.78, 5) is 25.2. The molecule has 0 unspecified atom stereocenters. The van der Waals surface area contributed by atoms with E-state index in [1.165, 1.54) is 6.07 Å². The molecule has 1 amide bonds. The zero-order valence-electron chi connectivity index (χ0n) is 16.8. The average Bonchev–Trinajstić information content (AvgIpc) is 2.75. The van der Waals surface area contributed by atoms with Crippen LogP contribution < -0.4 is 4.74 Å². The van der Waals surface area contributed by atoms with Crippen molar-refractivity contribution in [3.8, 4) is 5.75 Å². The Morgan fingerprint density at radius 3 is 2.79 bits per heavy atom. The van der Waals surface area contributed by atoms with E-state index >= 15 is 0 Å². The Balaban J connectivity index is 1.27. The second-order valence-electron chi connectivity index (χ2n) is 7.79. The van der Waals surface area contributed by atoms with Gasteiger partial charge in [-0.15, -0.1) is 0 Å². The minimum Gasteiger partial charge on any atom is -0.489 e. The molecule has 0 spiro atoms. The number of ether oxygens (including phenoxy) is 1. The Kier molecular flexibility index (Phi) is 6.04. The first-order valence-corrected chi connectivity index (χ1v) is 10.3. The average molecular weight is 398 g/mol. The normalized spacial score (nSPS) is 17.8. The Hall–Kier alpha value is -2.54. The van der Waals surface area contributed by atoms with Crippen LogP contribution in [0.3, 0.4) is 0 Å². The first-order valence-electron chi connectivity index (χ1n) is 10.3. The van der Waals surface area contributed by atoms with E-state index in [2.05, 4.69) is 9.88 Å². The highest BCUT2D eigenvalue weighted by Gasteiger charge is 2.25. The summed E-state index contributed by atoms with van der Waals surface area (Å²) >= 11 is 0. The minimum absolute atomic E-state index is 0.103. The van der Waals surface area contributed by atoms with Gasteiger partial charge in [0.05, 0.1) is 5.69 Å². The molecule has 0 aliphatic carbocycles. The molecule has 0 saturated carbocycles. The molecule has 0 atom stereocenters. The highest BCUT2D eigenvalue weighted by Crippen LogP contribution is 2.27. The van der Waals surface area contributed by atoms with Crippen LogP contribution in [0.1, 0.15) is 42.8 Å². The second-order valence-corrected chi connectivity index (χ2v) is 7.79. The predicted molar refractivity (Wildman–Crippen MR) is 107 cm³/mol. The first-order chi connectivity index (χ1) is 14.1. The maximum atomic E-state index is 13.6. The maximum absolute atomic E-state index is 13.6. The molecule has 0 bridgehead atoms. The van der Waals surface area contributed by atoms with Crippen molar-refractivity contribution in [2.75, 3.05) is 32.8 Å². The molecule has 2 aromatic rings. The number of hydrogen-bond acceptors (Lipinski definition) is 5. The number of para-hydroxylation sites is 1. The molecule has 1 saturated heterocycles. The summed E-state index contributed by atoms with van der Waals surface area (Å²) < 4.78 is 19.2. The predicted octanol–water partition coefficient (Wildman–Crippen LogP) is 2.78. The van der Waals surface area contributed by atoms with E-state index in [0.717, 1.165) is 62.5 Å². The number of fused-ring (bicyclic) bond motifs is 1. The van der Waals surface area contributed by atoms with Gasteiger partial charge in [-0.05, 0) is 38.1 Å². The fourth-order valence-electron chi connectivity index (χ4n) is 4.06. The van der Waals surface area contributed by atoms with Crippen molar-refractivity contribution in [2.45, 2.75) is 38.6 Å². The van der Waals surface area contributed by atoms with Gasteiger partial charge < -0.3 is 9.64 Å². The van der Waals surface area contributed by atoms with Gasteiger partial charge in [0.2, 0.25) is 5.91 Å². The molecule has 7 heteroatoms. The fourth-order valence-corrected chi connectivity index (χ4v) is 4.06. The number of nitrogens with zero attached hydrogens (tertiary/aromatic N) is 4. The molecule has 2 aliphatic rings. The second kappa shape index (κ2) is 8.86. The molecule has 2 aliphatic heterocycles. The molecular weight excluding hydrogens is 371 g/mol. The van der Waals surface area contributed by atoms with Crippen LogP contribution in [-0.4, -0.2) is 58.5 Å². The van der Waals surface area contributed by atoms with Crippen LogP contribution in [0, 0.1) is 5.82 Å². The van der Waals surface area contributed by atoms with E-state index in [1.54, 1.807) is 25.1 Å². The van der Waals surface area contributed by atoms with Gasteiger partial charge in [0.1, 0.15) is 12.4 Å². The molecule has 6 nitrogen and oxygen atoms in total. The number of hydrogen-bond donors (Lipinski definition) is 0. The van der Waals surface area contributed by atoms with Gasteiger partial charge in [0.25, 0.3) is 0 Å². The standard InChI is InChI=1S/C22H27FN4O2/c1-16(28)27-11-8-20-18(15-27)14-24-22(25-20)17-6-9-26(10-7-17)12-13-29-21-5-3-2-4-19(21)23/h2-5,14,17H,6-13,15H2,1H3. The molecule has 29 heavy (non-hydrogen) atoms. The fraction of sp³-hybridized carbons (Fsp3) is 0.500. The Morgan fingerprint density at radius 1 is 1.24 bits per heavy atom. The number of likely N-dealkylation sites (tertiary alicyclic amines) is 1. The Bertz CT molecular complexity index is 868. The van der Waals surface area contributed by atoms with Gasteiger partial charge in [-0.1, -0.05) is 12.1 Å². The molecule has 4 rings (SSSR count). The number of aromatic nitrogens is 2. The lowest BCUT2D eigenvalue weighted by atomic mass is 9.95. The van der Waals surface area contributed by atoms with Crippen molar-refractivity contribution in [3.63, 3.8) is 0 Å². The number of carbonyl (C=O) groups excluding carboxylic acids is 1. The summed E-state index contributed by atoms with van der Waals surface area (Å²) in [7, 11) is 0. The van der Waals surface area contributed by atoms with E-state index in [9.17, 15) is 9.18 Å². The van der Waals surface area contributed by atoms with Gasteiger partial charge >= 0.3 is 0 Å². The summed E-state index contributed by atoms with van der Waals surface area (Å²) in [5.74, 6) is 1.40. The zero-order chi connectivity index (χ0) is 20.2. The van der Waals surface area contributed by atoms with Crippen molar-refractivity contribution in [1.29, 1.82) is 0 Å². The molecule has 1 aromatic heterocycles. The summed E-state index contributed by atoms with van der Waals surface area (Å²) in [6, 6.07) is 6.51. The molecule has 154 valence electrons. The van der Waals surface area contributed by atoms with E-state index < -0.39 is 0 Å². The number of piperidine rings is 1. The third-order valence-electron chi connectivity index (χ3n) is 5.85. The number of carbonyl (C=O) groups is 1.